The van der Waals surface area contributed by atoms with Crippen LogP contribution in [0.4, 0.5) is 0 Å². The summed E-state index contributed by atoms with van der Waals surface area (Å²) in [5.74, 6) is 1.31. The molecule has 72 heavy (non-hydrogen) atoms. The molecule has 2 fully saturated rings. The van der Waals surface area contributed by atoms with Crippen molar-refractivity contribution in [2.24, 2.45) is 10.2 Å². The number of phenolic OH excluding ortho intramolecular Hbond substituents is 2. The molecule has 0 unspecified atom stereocenters. The van der Waals surface area contributed by atoms with Gasteiger partial charge in [-0.1, -0.05) is 62.0 Å². The van der Waals surface area contributed by atoms with Gasteiger partial charge in [-0.2, -0.15) is 10.2 Å². The summed E-state index contributed by atoms with van der Waals surface area (Å²) in [6, 6.07) is 29.0. The number of hydrogen-bond acceptors (Lipinski definition) is 15. The van der Waals surface area contributed by atoms with Crippen molar-refractivity contribution in [3.8, 4) is 28.7 Å². The van der Waals surface area contributed by atoms with Crippen LogP contribution in [0.5, 0.6) is 28.7 Å². The van der Waals surface area contributed by atoms with Crippen LogP contribution >= 0.6 is 0 Å². The van der Waals surface area contributed by atoms with Gasteiger partial charge in [0.15, 0.2) is 21.3 Å². The number of benzene rings is 5. The number of sulfone groups is 1. The number of amides is 2. The Morgan fingerprint density at radius 1 is 0.625 bits per heavy atom. The number of carbonyl (C=O) groups excluding carboxylic acids is 2. The van der Waals surface area contributed by atoms with Crippen molar-refractivity contribution in [3.63, 3.8) is 0 Å². The van der Waals surface area contributed by atoms with Gasteiger partial charge < -0.3 is 24.4 Å². The van der Waals surface area contributed by atoms with Crippen LogP contribution in [0.15, 0.2) is 112 Å². The number of aryl methyl sites for hydroxylation is 2. The van der Waals surface area contributed by atoms with Gasteiger partial charge in [0.2, 0.25) is 0 Å². The van der Waals surface area contributed by atoms with E-state index in [9.17, 15) is 28.2 Å². The number of nitrogens with zero attached hydrogens (tertiary/aromatic N) is 6. The number of rotatable bonds is 18. The van der Waals surface area contributed by atoms with Crippen molar-refractivity contribution in [2.45, 2.75) is 51.9 Å². The second kappa shape index (κ2) is 27.1. The number of para-hydroxylation sites is 1. The smallest absolute Gasteiger partial charge is 0.254 e. The number of piperazine rings is 2. The zero-order valence-corrected chi connectivity index (χ0v) is 42.2. The SMILES string of the molecule is C.COc1cc(C)cc(O)c1/C=N/NC(=O)CN1CCN(Cc2ccccc2CS(=O)(=O)c2ccccc2)CC1.COc1cc(CN2CCN(CC(=O)N/N=C/c3cccc(OC)c3O)CC2)cc(C)c1C. The molecule has 0 radical (unpaired) electrons. The zero-order chi connectivity index (χ0) is 50.9. The van der Waals surface area contributed by atoms with Gasteiger partial charge in [-0.15, -0.1) is 0 Å². The van der Waals surface area contributed by atoms with Crippen molar-refractivity contribution < 1.29 is 42.4 Å². The van der Waals surface area contributed by atoms with Crippen LogP contribution in [-0.4, -0.2) is 149 Å². The van der Waals surface area contributed by atoms with Crippen molar-refractivity contribution >= 4 is 34.1 Å². The summed E-state index contributed by atoms with van der Waals surface area (Å²) in [7, 11) is 1.26. The fourth-order valence-corrected chi connectivity index (χ4v) is 9.78. The van der Waals surface area contributed by atoms with Crippen LogP contribution in [0, 0.1) is 20.8 Å². The van der Waals surface area contributed by atoms with Gasteiger partial charge in [-0.3, -0.25) is 29.2 Å². The standard InChI is InChI=1S/C29H34N4O5S.C24H32N4O4.CH4/c1-22-16-27(34)26(28(17-22)38-2)18-30-31-29(35)20-33-14-12-32(13-15-33)19-23-8-6-7-9-24(23)21-39(36,37)25-10-4-3-5-11-25;1-17-12-19(13-22(32-4)18(17)2)15-27-8-10-28(11-9-27)16-23(29)26-25-14-20-6-5-7-21(31-3)24(20)30;/h3-11,16-18,34H,12-15,19-21H2,1-2H3,(H,31,35);5-7,12-14,30H,8-11,15-16H2,1-4H3,(H,26,29);1H4/b30-18+;25-14+;. The molecule has 2 saturated heterocycles. The molecule has 17 nitrogen and oxygen atoms in total. The molecule has 5 aromatic carbocycles. The van der Waals surface area contributed by atoms with Gasteiger partial charge in [0.25, 0.3) is 11.8 Å². The van der Waals surface area contributed by atoms with E-state index >= 15 is 0 Å². The van der Waals surface area contributed by atoms with E-state index in [1.165, 1.54) is 43.3 Å². The third kappa shape index (κ3) is 16.1. The van der Waals surface area contributed by atoms with Crippen molar-refractivity contribution in [3.05, 3.63) is 142 Å². The summed E-state index contributed by atoms with van der Waals surface area (Å²) >= 11 is 0. The molecule has 0 saturated carbocycles. The fourth-order valence-electron chi connectivity index (χ4n) is 8.35. The number of ether oxygens (including phenoxy) is 3. The molecule has 386 valence electrons. The third-order valence-electron chi connectivity index (χ3n) is 12.4. The second-order valence-corrected chi connectivity index (χ2v) is 19.6. The van der Waals surface area contributed by atoms with Gasteiger partial charge in [-0.25, -0.2) is 19.3 Å². The summed E-state index contributed by atoms with van der Waals surface area (Å²) in [6.45, 7) is 14.4. The Labute approximate surface area is 424 Å². The number of phenols is 2. The molecule has 0 atom stereocenters. The minimum Gasteiger partial charge on any atom is -0.507 e. The summed E-state index contributed by atoms with van der Waals surface area (Å²) in [5, 5.41) is 28.2. The molecule has 2 aliphatic rings. The van der Waals surface area contributed by atoms with Gasteiger partial charge in [0.1, 0.15) is 17.2 Å². The summed E-state index contributed by atoms with van der Waals surface area (Å²) in [6.07, 6.45) is 2.78. The van der Waals surface area contributed by atoms with Crippen LogP contribution in [-0.2, 0) is 38.3 Å². The minimum atomic E-state index is -3.44. The van der Waals surface area contributed by atoms with Gasteiger partial charge in [0, 0.05) is 71.0 Å². The maximum absolute atomic E-state index is 12.9. The van der Waals surface area contributed by atoms with Crippen molar-refractivity contribution in [2.75, 3.05) is 86.8 Å². The van der Waals surface area contributed by atoms with E-state index in [0.29, 0.717) is 47.2 Å². The van der Waals surface area contributed by atoms with Crippen molar-refractivity contribution in [1.82, 2.24) is 30.5 Å². The van der Waals surface area contributed by atoms with Gasteiger partial charge in [0.05, 0.1) is 63.1 Å². The number of aromatic hydroxyl groups is 2. The lowest BCUT2D eigenvalue weighted by atomic mass is 10.0. The molecule has 18 heteroatoms. The first kappa shape index (κ1) is 56.1. The van der Waals surface area contributed by atoms with Crippen LogP contribution in [0.1, 0.15) is 51.9 Å². The van der Waals surface area contributed by atoms with Crippen LogP contribution in [0.2, 0.25) is 0 Å². The first-order chi connectivity index (χ1) is 34.2. The van der Waals surface area contributed by atoms with E-state index in [-0.39, 0.29) is 49.6 Å². The molecule has 2 heterocycles. The van der Waals surface area contributed by atoms with E-state index in [4.69, 9.17) is 14.2 Å². The molecule has 0 aliphatic carbocycles. The average Bonchev–Trinajstić information content (AvgIpc) is 3.36. The largest absolute Gasteiger partial charge is 0.507 e. The van der Waals surface area contributed by atoms with Crippen LogP contribution in [0.3, 0.4) is 0 Å². The normalized spacial score (nSPS) is 14.8. The summed E-state index contributed by atoms with van der Waals surface area (Å²) < 4.78 is 41.7. The molecule has 5 aromatic rings. The third-order valence-corrected chi connectivity index (χ3v) is 14.1. The maximum atomic E-state index is 12.9. The quantitative estimate of drug-likeness (QED) is 0.0601. The average molecular weight is 1010 g/mol. The molecule has 0 spiro atoms. The molecule has 4 N–H and O–H groups in total. The van der Waals surface area contributed by atoms with E-state index < -0.39 is 9.84 Å². The van der Waals surface area contributed by atoms with E-state index in [2.05, 4.69) is 66.6 Å². The lowest BCUT2D eigenvalue weighted by molar-refractivity contribution is -0.123. The number of hydrazone groups is 2. The van der Waals surface area contributed by atoms with E-state index in [1.807, 2.05) is 31.2 Å². The maximum Gasteiger partial charge on any atom is 0.254 e. The number of carbonyl (C=O) groups is 2. The number of hydrogen-bond donors (Lipinski definition) is 4. The Hall–Kier alpha value is -6.83. The molecule has 0 bridgehead atoms. The zero-order valence-electron chi connectivity index (χ0n) is 41.4. The molecular weight excluding hydrogens is 937 g/mol. The number of nitrogens with one attached hydrogen (secondary N) is 2. The van der Waals surface area contributed by atoms with Gasteiger partial charge in [-0.05, 0) is 96.6 Å². The Balaban J connectivity index is 0.000000269. The Bertz CT molecular complexity index is 2760. The summed E-state index contributed by atoms with van der Waals surface area (Å²) in [5.41, 5.74) is 12.2. The van der Waals surface area contributed by atoms with Crippen LogP contribution in [0.25, 0.3) is 0 Å². The predicted octanol–water partition coefficient (Wildman–Crippen LogP) is 5.88. The molecule has 0 aromatic heterocycles. The van der Waals surface area contributed by atoms with E-state index in [0.717, 1.165) is 68.3 Å². The van der Waals surface area contributed by atoms with Gasteiger partial charge >= 0.3 is 0 Å². The highest BCUT2D eigenvalue weighted by Gasteiger charge is 2.23. The highest BCUT2D eigenvalue weighted by molar-refractivity contribution is 7.90. The summed E-state index contributed by atoms with van der Waals surface area (Å²) in [4.78, 5) is 33.8. The Kier molecular flexibility index (Phi) is 21.1. The lowest BCUT2D eigenvalue weighted by Crippen LogP contribution is -2.48. The highest BCUT2D eigenvalue weighted by atomic mass is 32.2. The second-order valence-electron chi connectivity index (χ2n) is 17.6. The minimum absolute atomic E-state index is 0. The fraction of sp³-hybridized carbons (Fsp3) is 0.370. The molecule has 7 rings (SSSR count). The van der Waals surface area contributed by atoms with Crippen LogP contribution < -0.4 is 25.1 Å². The van der Waals surface area contributed by atoms with E-state index in [1.54, 1.807) is 67.8 Å². The Morgan fingerprint density at radius 2 is 1.17 bits per heavy atom. The molecule has 2 amide bonds. The molecular formula is C54H70N8O9S. The number of methoxy groups -OCH3 is 3. The first-order valence-corrected chi connectivity index (χ1v) is 25.1. The predicted molar refractivity (Wildman–Crippen MR) is 282 cm³/mol. The monoisotopic (exact) mass is 1010 g/mol. The van der Waals surface area contributed by atoms with Crippen molar-refractivity contribution in [1.29, 1.82) is 0 Å². The highest BCUT2D eigenvalue weighted by Crippen LogP contribution is 2.29. The lowest BCUT2D eigenvalue weighted by Gasteiger charge is -2.34. The first-order valence-electron chi connectivity index (χ1n) is 23.4. The topological polar surface area (TPSA) is 198 Å². The Morgan fingerprint density at radius 3 is 1.76 bits per heavy atom. The molecule has 2 aliphatic heterocycles.